The normalized spacial score (nSPS) is 16.1. The molecule has 0 radical (unpaired) electrons. The highest BCUT2D eigenvalue weighted by Gasteiger charge is 2.23. The summed E-state index contributed by atoms with van der Waals surface area (Å²) in [6.07, 6.45) is 9.47. The molecule has 27 heavy (non-hydrogen) atoms. The van der Waals surface area contributed by atoms with Crippen molar-refractivity contribution in [1.82, 2.24) is 29.4 Å². The lowest BCUT2D eigenvalue weighted by atomic mass is 10.0. The third kappa shape index (κ3) is 3.36. The third-order valence-corrected chi connectivity index (χ3v) is 5.93. The summed E-state index contributed by atoms with van der Waals surface area (Å²) in [5, 5.41) is 4.39. The van der Waals surface area contributed by atoms with E-state index < -0.39 is 0 Å². The number of piperidine rings is 1. The summed E-state index contributed by atoms with van der Waals surface area (Å²) in [4.78, 5) is 20.5. The predicted octanol–water partition coefficient (Wildman–Crippen LogP) is 3.79. The van der Waals surface area contributed by atoms with Gasteiger partial charge in [-0.05, 0) is 47.4 Å². The van der Waals surface area contributed by atoms with Crippen molar-refractivity contribution in [2.75, 3.05) is 13.1 Å². The number of nitrogens with zero attached hydrogens (tertiary/aromatic N) is 6. The molecule has 0 atom stereocenters. The van der Waals surface area contributed by atoms with Crippen LogP contribution in [0.4, 0.5) is 0 Å². The van der Waals surface area contributed by atoms with Crippen molar-refractivity contribution in [1.29, 1.82) is 0 Å². The van der Waals surface area contributed by atoms with Crippen LogP contribution in [-0.2, 0) is 6.54 Å². The molecule has 4 aromatic rings. The zero-order valence-electron chi connectivity index (χ0n) is 14.9. The second-order valence-corrected chi connectivity index (χ2v) is 7.71. The van der Waals surface area contributed by atoms with E-state index in [-0.39, 0.29) is 0 Å². The molecule has 0 bridgehead atoms. The summed E-state index contributed by atoms with van der Waals surface area (Å²) in [5.41, 5.74) is 4.90. The fourth-order valence-corrected chi connectivity index (χ4v) is 4.39. The van der Waals surface area contributed by atoms with Gasteiger partial charge in [0.05, 0.1) is 18.2 Å². The van der Waals surface area contributed by atoms with Crippen LogP contribution in [0.2, 0.25) is 0 Å². The van der Waals surface area contributed by atoms with Crippen molar-refractivity contribution in [3.05, 3.63) is 59.4 Å². The fraction of sp³-hybridized carbons (Fsp3) is 0.300. The van der Waals surface area contributed by atoms with Gasteiger partial charge in [-0.15, -0.1) is 0 Å². The standard InChI is InChI=1S/C20H20N6S/c1-6-21-7-2-16(1)18-11-22-19-20(24-18)26(14-23-19)17-3-8-25(9-4-17)12-15-5-10-27-13-15/h1-2,5-7,10-11,13-14,17H,3-4,8-9,12H2. The molecule has 0 aromatic carbocycles. The van der Waals surface area contributed by atoms with E-state index in [9.17, 15) is 0 Å². The number of hydrogen-bond acceptors (Lipinski definition) is 6. The summed E-state index contributed by atoms with van der Waals surface area (Å²) >= 11 is 1.77. The Morgan fingerprint density at radius 3 is 2.70 bits per heavy atom. The van der Waals surface area contributed by atoms with Crippen LogP contribution in [0.3, 0.4) is 0 Å². The number of hydrogen-bond donors (Lipinski definition) is 0. The Hall–Kier alpha value is -2.64. The number of imidazole rings is 1. The van der Waals surface area contributed by atoms with Gasteiger partial charge in [-0.25, -0.2) is 15.0 Å². The van der Waals surface area contributed by atoms with Crippen molar-refractivity contribution in [3.63, 3.8) is 0 Å². The van der Waals surface area contributed by atoms with Crippen molar-refractivity contribution in [2.24, 2.45) is 0 Å². The van der Waals surface area contributed by atoms with Gasteiger partial charge in [-0.3, -0.25) is 9.88 Å². The number of pyridine rings is 1. The molecular formula is C20H20N6S. The minimum atomic E-state index is 0.427. The second kappa shape index (κ2) is 7.17. The molecule has 0 N–H and O–H groups in total. The first-order valence-electron chi connectivity index (χ1n) is 9.20. The van der Waals surface area contributed by atoms with E-state index in [1.807, 2.05) is 18.5 Å². The van der Waals surface area contributed by atoms with Gasteiger partial charge in [0.15, 0.2) is 11.3 Å². The van der Waals surface area contributed by atoms with Crippen molar-refractivity contribution >= 4 is 22.6 Å². The number of thiophene rings is 1. The van der Waals surface area contributed by atoms with E-state index in [1.165, 1.54) is 5.56 Å². The molecule has 1 aliphatic rings. The number of aromatic nitrogens is 5. The molecule has 1 saturated heterocycles. The molecule has 0 unspecified atom stereocenters. The molecular weight excluding hydrogens is 356 g/mol. The highest BCUT2D eigenvalue weighted by molar-refractivity contribution is 7.07. The Balaban J connectivity index is 1.36. The smallest absolute Gasteiger partial charge is 0.197 e. The van der Waals surface area contributed by atoms with E-state index in [4.69, 9.17) is 4.98 Å². The molecule has 5 heterocycles. The Labute approximate surface area is 161 Å². The molecule has 136 valence electrons. The van der Waals surface area contributed by atoms with Crippen molar-refractivity contribution < 1.29 is 0 Å². The van der Waals surface area contributed by atoms with Crippen LogP contribution in [0.5, 0.6) is 0 Å². The van der Waals surface area contributed by atoms with Gasteiger partial charge in [0.1, 0.15) is 0 Å². The monoisotopic (exact) mass is 376 g/mol. The van der Waals surface area contributed by atoms with E-state index in [0.29, 0.717) is 11.7 Å². The molecule has 0 spiro atoms. The van der Waals surface area contributed by atoms with Crippen LogP contribution < -0.4 is 0 Å². The highest BCUT2D eigenvalue weighted by atomic mass is 32.1. The van der Waals surface area contributed by atoms with Gasteiger partial charge in [0.25, 0.3) is 0 Å². The Morgan fingerprint density at radius 1 is 1.07 bits per heavy atom. The minimum Gasteiger partial charge on any atom is -0.311 e. The van der Waals surface area contributed by atoms with Crippen LogP contribution in [0, 0.1) is 0 Å². The average Bonchev–Trinajstić information content (AvgIpc) is 3.39. The van der Waals surface area contributed by atoms with E-state index >= 15 is 0 Å². The molecule has 7 heteroatoms. The lowest BCUT2D eigenvalue weighted by Gasteiger charge is -2.32. The maximum absolute atomic E-state index is 4.86. The van der Waals surface area contributed by atoms with Gasteiger partial charge in [-0.2, -0.15) is 11.3 Å². The fourth-order valence-electron chi connectivity index (χ4n) is 3.73. The first-order chi connectivity index (χ1) is 13.4. The van der Waals surface area contributed by atoms with Gasteiger partial charge < -0.3 is 4.57 Å². The first-order valence-corrected chi connectivity index (χ1v) is 10.1. The van der Waals surface area contributed by atoms with Crippen molar-refractivity contribution in [2.45, 2.75) is 25.4 Å². The van der Waals surface area contributed by atoms with E-state index in [1.54, 1.807) is 29.9 Å². The summed E-state index contributed by atoms with van der Waals surface area (Å²) < 4.78 is 2.22. The van der Waals surface area contributed by atoms with Crippen LogP contribution in [0.1, 0.15) is 24.4 Å². The number of rotatable bonds is 4. The minimum absolute atomic E-state index is 0.427. The Morgan fingerprint density at radius 2 is 1.93 bits per heavy atom. The summed E-state index contributed by atoms with van der Waals surface area (Å²) in [6, 6.07) is 6.56. The molecule has 1 aliphatic heterocycles. The van der Waals surface area contributed by atoms with Crippen LogP contribution in [0.25, 0.3) is 22.6 Å². The maximum atomic E-state index is 4.86. The molecule has 0 aliphatic carbocycles. The number of likely N-dealkylation sites (tertiary alicyclic amines) is 1. The third-order valence-electron chi connectivity index (χ3n) is 5.20. The lowest BCUT2D eigenvalue weighted by molar-refractivity contribution is 0.181. The highest BCUT2D eigenvalue weighted by Crippen LogP contribution is 2.27. The molecule has 6 nitrogen and oxygen atoms in total. The van der Waals surface area contributed by atoms with Crippen molar-refractivity contribution in [3.8, 4) is 11.3 Å². The Bertz CT molecular complexity index is 1020. The average molecular weight is 376 g/mol. The molecule has 0 amide bonds. The SMILES string of the molecule is c1cc(-c2cnc3ncn(C4CCN(Cc5ccsc5)CC4)c3n2)ccn1. The molecule has 0 saturated carbocycles. The van der Waals surface area contributed by atoms with Crippen LogP contribution in [-0.4, -0.2) is 42.5 Å². The quantitative estimate of drug-likeness (QED) is 0.542. The first kappa shape index (κ1) is 16.5. The summed E-state index contributed by atoms with van der Waals surface area (Å²) in [5.74, 6) is 0. The summed E-state index contributed by atoms with van der Waals surface area (Å²) in [7, 11) is 0. The van der Waals surface area contributed by atoms with Crippen LogP contribution >= 0.6 is 11.3 Å². The van der Waals surface area contributed by atoms with E-state index in [0.717, 1.165) is 49.4 Å². The molecule has 1 fully saturated rings. The van der Waals surface area contributed by atoms with Gasteiger partial charge in [0, 0.05) is 43.6 Å². The largest absolute Gasteiger partial charge is 0.311 e. The Kier molecular flexibility index (Phi) is 4.39. The van der Waals surface area contributed by atoms with Gasteiger partial charge in [-0.1, -0.05) is 0 Å². The molecule has 5 rings (SSSR count). The van der Waals surface area contributed by atoms with Crippen LogP contribution in [0.15, 0.2) is 53.9 Å². The van der Waals surface area contributed by atoms with Gasteiger partial charge in [0.2, 0.25) is 0 Å². The topological polar surface area (TPSA) is 59.7 Å². The molecule has 4 aromatic heterocycles. The maximum Gasteiger partial charge on any atom is 0.197 e. The lowest BCUT2D eigenvalue weighted by Crippen LogP contribution is -2.34. The number of fused-ring (bicyclic) bond motifs is 1. The zero-order chi connectivity index (χ0) is 18.1. The summed E-state index contributed by atoms with van der Waals surface area (Å²) in [6.45, 7) is 3.24. The zero-order valence-corrected chi connectivity index (χ0v) is 15.7. The van der Waals surface area contributed by atoms with E-state index in [2.05, 4.69) is 41.2 Å². The van der Waals surface area contributed by atoms with Gasteiger partial charge >= 0.3 is 0 Å². The second-order valence-electron chi connectivity index (χ2n) is 6.93. The predicted molar refractivity (Wildman–Crippen MR) is 106 cm³/mol.